The minimum absolute atomic E-state index is 0.277. The Morgan fingerprint density at radius 3 is 2.90 bits per heavy atom. The van der Waals surface area contributed by atoms with E-state index in [2.05, 4.69) is 30.4 Å². The molecule has 8 nitrogen and oxygen atoms in total. The fraction of sp³-hybridized carbons (Fsp3) is 0.308. The van der Waals surface area contributed by atoms with Crippen molar-refractivity contribution in [3.8, 4) is 5.95 Å². The van der Waals surface area contributed by atoms with E-state index in [0.29, 0.717) is 18.2 Å². The Labute approximate surface area is 120 Å². The third kappa shape index (κ3) is 2.19. The van der Waals surface area contributed by atoms with Gasteiger partial charge in [0.05, 0.1) is 24.2 Å². The molecule has 0 spiro atoms. The quantitative estimate of drug-likeness (QED) is 0.760. The van der Waals surface area contributed by atoms with E-state index in [4.69, 9.17) is 4.74 Å². The van der Waals surface area contributed by atoms with Gasteiger partial charge in [-0.15, -0.1) is 0 Å². The van der Waals surface area contributed by atoms with Gasteiger partial charge in [-0.05, 0) is 12.5 Å². The van der Waals surface area contributed by atoms with E-state index >= 15 is 0 Å². The van der Waals surface area contributed by atoms with Crippen LogP contribution < -0.4 is 5.32 Å². The average molecular weight is 283 g/mol. The molecule has 1 aliphatic rings. The largest absolute Gasteiger partial charge is 0.379 e. The van der Waals surface area contributed by atoms with Gasteiger partial charge in [-0.3, -0.25) is 0 Å². The van der Waals surface area contributed by atoms with E-state index in [1.807, 2.05) is 0 Å². The highest BCUT2D eigenvalue weighted by molar-refractivity contribution is 5.86. The van der Waals surface area contributed by atoms with Crippen molar-refractivity contribution in [3.63, 3.8) is 0 Å². The first-order valence-corrected chi connectivity index (χ1v) is 6.72. The number of hydrogen-bond acceptors (Lipinski definition) is 7. The summed E-state index contributed by atoms with van der Waals surface area (Å²) in [5.41, 5.74) is 0.678. The highest BCUT2D eigenvalue weighted by Gasteiger charge is 2.18. The third-order valence-corrected chi connectivity index (χ3v) is 3.38. The number of hydrogen-bond donors (Lipinski definition) is 1. The van der Waals surface area contributed by atoms with Crippen molar-refractivity contribution in [1.82, 2.24) is 29.7 Å². The Balaban J connectivity index is 1.75. The van der Waals surface area contributed by atoms with Gasteiger partial charge in [-0.2, -0.15) is 9.78 Å². The van der Waals surface area contributed by atoms with Gasteiger partial charge in [0.2, 0.25) is 0 Å². The number of nitrogens with one attached hydrogen (secondary N) is 1. The zero-order valence-corrected chi connectivity index (χ0v) is 11.2. The number of anilines is 1. The zero-order valence-electron chi connectivity index (χ0n) is 11.2. The van der Waals surface area contributed by atoms with Crippen LogP contribution in [-0.2, 0) is 4.74 Å². The fourth-order valence-electron chi connectivity index (χ4n) is 2.35. The summed E-state index contributed by atoms with van der Waals surface area (Å²) in [4.78, 5) is 17.0. The molecule has 8 heteroatoms. The van der Waals surface area contributed by atoms with Gasteiger partial charge in [-0.25, -0.2) is 19.9 Å². The number of ether oxygens (including phenoxy) is 1. The molecule has 0 amide bonds. The summed E-state index contributed by atoms with van der Waals surface area (Å²) in [7, 11) is 0. The molecule has 0 radical (unpaired) electrons. The maximum absolute atomic E-state index is 5.37. The summed E-state index contributed by atoms with van der Waals surface area (Å²) in [5.74, 6) is 1.25. The molecule has 1 fully saturated rings. The van der Waals surface area contributed by atoms with Crippen LogP contribution in [0.3, 0.4) is 0 Å². The number of aromatic nitrogens is 6. The van der Waals surface area contributed by atoms with Crippen LogP contribution in [0.15, 0.2) is 31.0 Å². The molecule has 3 aromatic heterocycles. The van der Waals surface area contributed by atoms with Gasteiger partial charge in [0.15, 0.2) is 5.65 Å². The summed E-state index contributed by atoms with van der Waals surface area (Å²) in [6, 6.07) is 2.04. The lowest BCUT2D eigenvalue weighted by Gasteiger charge is -2.11. The normalized spacial score (nSPS) is 18.2. The van der Waals surface area contributed by atoms with Crippen LogP contribution in [0.5, 0.6) is 0 Å². The molecule has 4 rings (SSSR count). The standard InChI is InChI=1S/C13H13N7O/c1-3-14-13(15-4-1)20-12-10(6-18-20)11(16-8-17-12)19-9-2-5-21-7-9/h1,3-4,6,8-9H,2,5,7H2,(H,16,17,19). The van der Waals surface area contributed by atoms with Crippen molar-refractivity contribution in [2.24, 2.45) is 0 Å². The van der Waals surface area contributed by atoms with E-state index in [1.54, 1.807) is 29.3 Å². The van der Waals surface area contributed by atoms with Gasteiger partial charge < -0.3 is 10.1 Å². The second-order valence-electron chi connectivity index (χ2n) is 4.77. The van der Waals surface area contributed by atoms with Crippen molar-refractivity contribution < 1.29 is 4.74 Å². The molecule has 0 bridgehead atoms. The van der Waals surface area contributed by atoms with E-state index in [1.165, 1.54) is 6.33 Å². The van der Waals surface area contributed by atoms with E-state index < -0.39 is 0 Å². The lowest BCUT2D eigenvalue weighted by Crippen LogP contribution is -2.19. The second-order valence-corrected chi connectivity index (χ2v) is 4.77. The summed E-state index contributed by atoms with van der Waals surface area (Å²) < 4.78 is 6.97. The van der Waals surface area contributed by atoms with Crippen molar-refractivity contribution >= 4 is 16.9 Å². The molecule has 21 heavy (non-hydrogen) atoms. The van der Waals surface area contributed by atoms with Crippen LogP contribution >= 0.6 is 0 Å². The Bertz CT molecular complexity index is 752. The van der Waals surface area contributed by atoms with Crippen LogP contribution in [0, 0.1) is 0 Å². The predicted molar refractivity (Wildman–Crippen MR) is 75.1 cm³/mol. The van der Waals surface area contributed by atoms with Crippen molar-refractivity contribution in [2.75, 3.05) is 18.5 Å². The smallest absolute Gasteiger partial charge is 0.252 e. The molecular weight excluding hydrogens is 270 g/mol. The molecule has 0 aliphatic carbocycles. The van der Waals surface area contributed by atoms with E-state index in [0.717, 1.165) is 24.2 Å². The molecule has 0 saturated carbocycles. The SMILES string of the molecule is c1cnc(-n2ncc3c(NC4CCOC4)ncnc32)nc1. The molecule has 106 valence electrons. The number of rotatable bonds is 3. The Morgan fingerprint density at radius 2 is 2.10 bits per heavy atom. The number of fused-ring (bicyclic) bond motifs is 1. The summed E-state index contributed by atoms with van der Waals surface area (Å²) >= 11 is 0. The molecule has 1 saturated heterocycles. The molecule has 1 N–H and O–H groups in total. The monoisotopic (exact) mass is 283 g/mol. The van der Waals surface area contributed by atoms with Crippen molar-refractivity contribution in [3.05, 3.63) is 31.0 Å². The van der Waals surface area contributed by atoms with Gasteiger partial charge in [-0.1, -0.05) is 0 Å². The van der Waals surface area contributed by atoms with Crippen LogP contribution in [0.2, 0.25) is 0 Å². The van der Waals surface area contributed by atoms with Crippen LogP contribution in [-0.4, -0.2) is 49.0 Å². The van der Waals surface area contributed by atoms with E-state index in [9.17, 15) is 0 Å². The van der Waals surface area contributed by atoms with Gasteiger partial charge in [0.1, 0.15) is 12.1 Å². The topological polar surface area (TPSA) is 90.6 Å². The summed E-state index contributed by atoms with van der Waals surface area (Å²) in [5, 5.41) is 8.54. The second kappa shape index (κ2) is 5.06. The Morgan fingerprint density at radius 1 is 1.19 bits per heavy atom. The molecule has 3 aromatic rings. The molecule has 1 aliphatic heterocycles. The van der Waals surface area contributed by atoms with Crippen LogP contribution in [0.1, 0.15) is 6.42 Å². The highest BCUT2D eigenvalue weighted by Crippen LogP contribution is 2.22. The first-order chi connectivity index (χ1) is 10.4. The molecular formula is C13H13N7O. The zero-order chi connectivity index (χ0) is 14.1. The van der Waals surface area contributed by atoms with Crippen LogP contribution in [0.4, 0.5) is 5.82 Å². The highest BCUT2D eigenvalue weighted by atomic mass is 16.5. The summed E-state index contributed by atoms with van der Waals surface area (Å²) in [6.45, 7) is 1.48. The molecule has 1 unspecified atom stereocenters. The minimum Gasteiger partial charge on any atom is -0.379 e. The average Bonchev–Trinajstić information content (AvgIpc) is 3.18. The third-order valence-electron chi connectivity index (χ3n) is 3.38. The Kier molecular flexibility index (Phi) is 2.93. The van der Waals surface area contributed by atoms with Crippen LogP contribution in [0.25, 0.3) is 17.0 Å². The van der Waals surface area contributed by atoms with Crippen molar-refractivity contribution in [1.29, 1.82) is 0 Å². The first kappa shape index (κ1) is 12.2. The lowest BCUT2D eigenvalue weighted by molar-refractivity contribution is 0.195. The van der Waals surface area contributed by atoms with Crippen molar-refractivity contribution in [2.45, 2.75) is 12.5 Å². The maximum Gasteiger partial charge on any atom is 0.252 e. The summed E-state index contributed by atoms with van der Waals surface area (Å²) in [6.07, 6.45) is 7.56. The lowest BCUT2D eigenvalue weighted by atomic mass is 10.2. The predicted octanol–water partition coefficient (Wildman–Crippen LogP) is 0.806. The molecule has 4 heterocycles. The maximum atomic E-state index is 5.37. The molecule has 0 aromatic carbocycles. The fourth-order valence-corrected chi connectivity index (χ4v) is 2.35. The van der Waals surface area contributed by atoms with E-state index in [-0.39, 0.29) is 6.04 Å². The number of nitrogens with zero attached hydrogens (tertiary/aromatic N) is 6. The first-order valence-electron chi connectivity index (χ1n) is 6.72. The van der Waals surface area contributed by atoms with Gasteiger partial charge >= 0.3 is 0 Å². The van der Waals surface area contributed by atoms with Gasteiger partial charge in [0.25, 0.3) is 5.95 Å². The minimum atomic E-state index is 0.277. The molecule has 1 atom stereocenters. The Hall–Kier alpha value is -2.61. The van der Waals surface area contributed by atoms with Gasteiger partial charge in [0, 0.05) is 19.0 Å².